The van der Waals surface area contributed by atoms with Crippen LogP contribution >= 0.6 is 12.4 Å². The molecule has 3 rings (SSSR count). The number of likely N-dealkylation sites (tertiary alicyclic amines) is 1. The van der Waals surface area contributed by atoms with E-state index < -0.39 is 11.6 Å². The smallest absolute Gasteiger partial charge is 0.226 e. The Morgan fingerprint density at radius 1 is 1.29 bits per heavy atom. The fourth-order valence-corrected chi connectivity index (χ4v) is 3.64. The fourth-order valence-electron chi connectivity index (χ4n) is 3.64. The third-order valence-electron chi connectivity index (χ3n) is 5.19. The number of carbonyl (C=O) groups is 1. The number of halogens is 3. The highest BCUT2D eigenvalue weighted by Crippen LogP contribution is 2.49. The number of rotatable bonds is 5. The molecular weight excluding hydrogens is 334 g/mol. The Balaban J connectivity index is 0.00000208. The van der Waals surface area contributed by atoms with Gasteiger partial charge in [-0.3, -0.25) is 4.79 Å². The first-order chi connectivity index (χ1) is 11.1. The van der Waals surface area contributed by atoms with Crippen molar-refractivity contribution in [3.05, 3.63) is 35.4 Å². The summed E-state index contributed by atoms with van der Waals surface area (Å²) in [4.78, 5) is 14.5. The lowest BCUT2D eigenvalue weighted by Gasteiger charge is -2.32. The lowest BCUT2D eigenvalue weighted by atomic mass is 9.93. The molecule has 1 saturated carbocycles. The van der Waals surface area contributed by atoms with Gasteiger partial charge in [-0.15, -0.1) is 12.4 Å². The van der Waals surface area contributed by atoms with Crippen LogP contribution in [0.25, 0.3) is 0 Å². The first kappa shape index (κ1) is 19.1. The summed E-state index contributed by atoms with van der Waals surface area (Å²) in [5.74, 6) is -0.365. The molecule has 0 aromatic heterocycles. The van der Waals surface area contributed by atoms with Crippen LogP contribution in [0.15, 0.2) is 18.2 Å². The van der Waals surface area contributed by atoms with Crippen LogP contribution in [0.3, 0.4) is 0 Å². The van der Waals surface area contributed by atoms with Crippen LogP contribution in [0.4, 0.5) is 8.78 Å². The molecular formula is C18H25ClF2N2O. The van der Waals surface area contributed by atoms with Gasteiger partial charge in [0, 0.05) is 19.0 Å². The van der Waals surface area contributed by atoms with Crippen LogP contribution in [0.1, 0.15) is 37.2 Å². The van der Waals surface area contributed by atoms with E-state index in [1.807, 2.05) is 11.9 Å². The molecule has 6 heteroatoms. The van der Waals surface area contributed by atoms with E-state index in [0.717, 1.165) is 51.0 Å². The summed E-state index contributed by atoms with van der Waals surface area (Å²) in [5.41, 5.74) is 0.354. The summed E-state index contributed by atoms with van der Waals surface area (Å²) in [6.07, 6.45) is 3.87. The predicted molar refractivity (Wildman–Crippen MR) is 92.3 cm³/mol. The molecule has 2 aliphatic rings. The Kier molecular flexibility index (Phi) is 6.58. The number of nitrogens with one attached hydrogen (secondary N) is 1. The van der Waals surface area contributed by atoms with Crippen LogP contribution in [0.5, 0.6) is 0 Å². The predicted octanol–water partition coefficient (Wildman–Crippen LogP) is 3.34. The third kappa shape index (κ3) is 4.25. The van der Waals surface area contributed by atoms with E-state index in [-0.39, 0.29) is 30.2 Å². The Bertz CT molecular complexity index is 576. The van der Waals surface area contributed by atoms with Crippen molar-refractivity contribution in [2.24, 2.45) is 11.8 Å². The van der Waals surface area contributed by atoms with Gasteiger partial charge in [0.25, 0.3) is 0 Å². The molecule has 0 radical (unpaired) electrons. The van der Waals surface area contributed by atoms with Crippen LogP contribution in [0, 0.1) is 23.5 Å². The maximum atomic E-state index is 13.8. The van der Waals surface area contributed by atoms with Crippen LogP contribution in [0.2, 0.25) is 0 Å². The van der Waals surface area contributed by atoms with Crippen molar-refractivity contribution in [1.82, 2.24) is 10.2 Å². The molecule has 134 valence electrons. The molecule has 2 unspecified atom stereocenters. The van der Waals surface area contributed by atoms with Crippen molar-refractivity contribution in [3.63, 3.8) is 0 Å². The highest BCUT2D eigenvalue weighted by molar-refractivity contribution is 5.85. The molecule has 2 atom stereocenters. The summed E-state index contributed by atoms with van der Waals surface area (Å²) >= 11 is 0. The number of carbonyl (C=O) groups excluding carboxylic acids is 1. The molecule has 0 bridgehead atoms. The number of benzene rings is 1. The van der Waals surface area contributed by atoms with Gasteiger partial charge in [0.15, 0.2) is 0 Å². The molecule has 1 aliphatic heterocycles. The Labute approximate surface area is 148 Å². The molecule has 1 amide bonds. The zero-order valence-corrected chi connectivity index (χ0v) is 14.7. The van der Waals surface area contributed by atoms with Crippen molar-refractivity contribution >= 4 is 18.3 Å². The van der Waals surface area contributed by atoms with E-state index >= 15 is 0 Å². The van der Waals surface area contributed by atoms with E-state index in [4.69, 9.17) is 0 Å². The van der Waals surface area contributed by atoms with Gasteiger partial charge in [0.05, 0.1) is 0 Å². The summed E-state index contributed by atoms with van der Waals surface area (Å²) in [5, 5.41) is 3.16. The number of hydrogen-bond acceptors (Lipinski definition) is 2. The topological polar surface area (TPSA) is 32.3 Å². The van der Waals surface area contributed by atoms with Crippen LogP contribution in [-0.4, -0.2) is 37.5 Å². The monoisotopic (exact) mass is 358 g/mol. The molecule has 1 N–H and O–H groups in total. The molecule has 0 spiro atoms. The van der Waals surface area contributed by atoms with E-state index in [1.165, 1.54) is 6.07 Å². The molecule has 3 nitrogen and oxygen atoms in total. The molecule has 1 aromatic rings. The Morgan fingerprint density at radius 2 is 2.00 bits per heavy atom. The Morgan fingerprint density at radius 3 is 2.67 bits per heavy atom. The number of hydrogen-bond donors (Lipinski definition) is 1. The molecule has 1 aromatic carbocycles. The SMILES string of the molecule is CNCCC1CCN(C(=O)C2CC2c2cc(F)ccc2F)CC1.Cl. The maximum absolute atomic E-state index is 13.8. The summed E-state index contributed by atoms with van der Waals surface area (Å²) < 4.78 is 27.1. The lowest BCUT2D eigenvalue weighted by molar-refractivity contribution is -0.134. The summed E-state index contributed by atoms with van der Waals surface area (Å²) in [7, 11) is 1.96. The van der Waals surface area contributed by atoms with E-state index in [1.54, 1.807) is 0 Å². The number of amides is 1. The van der Waals surface area contributed by atoms with Gasteiger partial charge in [0.1, 0.15) is 11.6 Å². The van der Waals surface area contributed by atoms with Gasteiger partial charge in [0.2, 0.25) is 5.91 Å². The van der Waals surface area contributed by atoms with E-state index in [9.17, 15) is 13.6 Å². The van der Waals surface area contributed by atoms with Gasteiger partial charge in [-0.1, -0.05) is 0 Å². The minimum atomic E-state index is -0.440. The molecule has 1 aliphatic carbocycles. The second kappa shape index (κ2) is 8.26. The zero-order chi connectivity index (χ0) is 16.4. The van der Waals surface area contributed by atoms with Crippen molar-refractivity contribution < 1.29 is 13.6 Å². The largest absolute Gasteiger partial charge is 0.342 e. The first-order valence-electron chi connectivity index (χ1n) is 8.48. The van der Waals surface area contributed by atoms with Gasteiger partial charge >= 0.3 is 0 Å². The van der Waals surface area contributed by atoms with Gasteiger partial charge in [-0.2, -0.15) is 0 Å². The fraction of sp³-hybridized carbons (Fsp3) is 0.611. The Hall–Kier alpha value is -1.20. The van der Waals surface area contributed by atoms with E-state index in [0.29, 0.717) is 17.9 Å². The normalized spacial score (nSPS) is 23.7. The lowest BCUT2D eigenvalue weighted by Crippen LogP contribution is -2.40. The third-order valence-corrected chi connectivity index (χ3v) is 5.19. The zero-order valence-electron chi connectivity index (χ0n) is 13.9. The van der Waals surface area contributed by atoms with Crippen molar-refractivity contribution in [1.29, 1.82) is 0 Å². The minimum Gasteiger partial charge on any atom is -0.342 e. The second-order valence-electron chi connectivity index (χ2n) is 6.78. The highest BCUT2D eigenvalue weighted by Gasteiger charge is 2.47. The number of nitrogens with zero attached hydrogens (tertiary/aromatic N) is 1. The quantitative estimate of drug-likeness (QED) is 0.875. The van der Waals surface area contributed by atoms with Gasteiger partial charge in [-0.05, 0) is 74.9 Å². The average molecular weight is 359 g/mol. The van der Waals surface area contributed by atoms with Crippen LogP contribution < -0.4 is 5.32 Å². The van der Waals surface area contributed by atoms with E-state index in [2.05, 4.69) is 5.32 Å². The maximum Gasteiger partial charge on any atom is 0.226 e. The second-order valence-corrected chi connectivity index (χ2v) is 6.78. The molecule has 24 heavy (non-hydrogen) atoms. The standard InChI is InChI=1S/C18H24F2N2O.ClH/c1-21-7-4-12-5-8-22(9-6-12)18(23)16-11-14(16)15-10-13(19)2-3-17(15)20;/h2-3,10,12,14,16,21H,4-9,11H2,1H3;1H. The van der Waals surface area contributed by atoms with Gasteiger partial charge in [-0.25, -0.2) is 8.78 Å². The van der Waals surface area contributed by atoms with Gasteiger partial charge < -0.3 is 10.2 Å². The summed E-state index contributed by atoms with van der Waals surface area (Å²) in [6, 6.07) is 3.50. The minimum absolute atomic E-state index is 0. The molecule has 2 fully saturated rings. The average Bonchev–Trinajstić information content (AvgIpc) is 3.35. The van der Waals surface area contributed by atoms with Crippen molar-refractivity contribution in [2.75, 3.05) is 26.7 Å². The van der Waals surface area contributed by atoms with Crippen LogP contribution in [-0.2, 0) is 4.79 Å². The van der Waals surface area contributed by atoms with Crippen molar-refractivity contribution in [3.8, 4) is 0 Å². The summed E-state index contributed by atoms with van der Waals surface area (Å²) in [6.45, 7) is 2.60. The van der Waals surface area contributed by atoms with Crippen molar-refractivity contribution in [2.45, 2.75) is 31.6 Å². The molecule has 1 heterocycles. The molecule has 1 saturated heterocycles. The first-order valence-corrected chi connectivity index (χ1v) is 8.48. The highest BCUT2D eigenvalue weighted by atomic mass is 35.5. The number of piperidine rings is 1.